The minimum atomic E-state index is -4.77. The quantitative estimate of drug-likeness (QED) is 0.424. The van der Waals surface area contributed by atoms with Gasteiger partial charge in [-0.1, -0.05) is 29.8 Å². The van der Waals surface area contributed by atoms with Crippen LogP contribution in [0.3, 0.4) is 0 Å². The van der Waals surface area contributed by atoms with E-state index in [1.165, 1.54) is 19.1 Å². The molecule has 34 heavy (non-hydrogen) atoms. The van der Waals surface area contributed by atoms with Gasteiger partial charge < -0.3 is 5.32 Å². The highest BCUT2D eigenvalue weighted by Crippen LogP contribution is 2.33. The summed E-state index contributed by atoms with van der Waals surface area (Å²) in [6.45, 7) is 0.253. The molecule has 1 aromatic heterocycles. The van der Waals surface area contributed by atoms with Crippen LogP contribution in [0.15, 0.2) is 64.5 Å². The molecule has 0 saturated heterocycles. The molecule has 0 aliphatic heterocycles. The highest BCUT2D eigenvalue weighted by Gasteiger charge is 2.34. The fourth-order valence-electron chi connectivity index (χ4n) is 2.90. The SMILES string of the molecule is Cc1cc(C(=O)NCC(F)(F)c2ccc(Cl)cc2)c(S(=N)(=O)c2cccc(C(F)(F)F)c2)nn1. The predicted octanol–water partition coefficient (Wildman–Crippen LogP) is 5.44. The van der Waals surface area contributed by atoms with Crippen molar-refractivity contribution in [3.8, 4) is 0 Å². The summed E-state index contributed by atoms with van der Waals surface area (Å²) in [5.74, 6) is -4.65. The maximum atomic E-state index is 14.5. The van der Waals surface area contributed by atoms with Gasteiger partial charge in [-0.05, 0) is 43.3 Å². The maximum Gasteiger partial charge on any atom is 0.416 e. The molecule has 1 heterocycles. The van der Waals surface area contributed by atoms with Gasteiger partial charge in [-0.25, -0.2) is 8.99 Å². The van der Waals surface area contributed by atoms with Crippen molar-refractivity contribution < 1.29 is 31.0 Å². The van der Waals surface area contributed by atoms with E-state index >= 15 is 0 Å². The normalized spacial score (nSPS) is 13.9. The van der Waals surface area contributed by atoms with E-state index in [-0.39, 0.29) is 10.7 Å². The van der Waals surface area contributed by atoms with E-state index < -0.39 is 60.9 Å². The van der Waals surface area contributed by atoms with Gasteiger partial charge in [0.15, 0.2) is 5.03 Å². The first kappa shape index (κ1) is 25.5. The van der Waals surface area contributed by atoms with Gasteiger partial charge in [-0.3, -0.25) is 4.79 Å². The van der Waals surface area contributed by atoms with Crippen molar-refractivity contribution in [3.63, 3.8) is 0 Å². The van der Waals surface area contributed by atoms with Crippen molar-refractivity contribution in [1.82, 2.24) is 15.5 Å². The topological polar surface area (TPSA) is 95.8 Å². The molecule has 0 spiro atoms. The van der Waals surface area contributed by atoms with E-state index in [2.05, 4.69) is 10.2 Å². The number of aromatic nitrogens is 2. The molecule has 0 bridgehead atoms. The van der Waals surface area contributed by atoms with Crippen LogP contribution in [0.25, 0.3) is 0 Å². The lowest BCUT2D eigenvalue weighted by molar-refractivity contribution is -0.137. The van der Waals surface area contributed by atoms with Crippen molar-refractivity contribution >= 4 is 27.2 Å². The number of carbonyl (C=O) groups is 1. The number of carbonyl (C=O) groups excluding carboxylic acids is 1. The first-order valence-electron chi connectivity index (χ1n) is 9.44. The monoisotopic (exact) mass is 518 g/mol. The Morgan fingerprint density at radius 1 is 1.03 bits per heavy atom. The molecule has 0 aliphatic carbocycles. The van der Waals surface area contributed by atoms with Crippen molar-refractivity contribution in [1.29, 1.82) is 4.78 Å². The number of halogens is 6. The van der Waals surface area contributed by atoms with E-state index in [1.54, 1.807) is 0 Å². The number of nitrogens with zero attached hydrogens (tertiary/aromatic N) is 2. The summed E-state index contributed by atoms with van der Waals surface area (Å²) in [5.41, 5.74) is -1.96. The molecule has 3 aromatic rings. The third-order valence-electron chi connectivity index (χ3n) is 4.63. The highest BCUT2D eigenvalue weighted by atomic mass is 35.5. The summed E-state index contributed by atoms with van der Waals surface area (Å²) < 4.78 is 89.7. The van der Waals surface area contributed by atoms with E-state index in [0.29, 0.717) is 6.07 Å². The largest absolute Gasteiger partial charge is 0.416 e. The Balaban J connectivity index is 1.94. The molecule has 13 heteroatoms. The highest BCUT2D eigenvalue weighted by molar-refractivity contribution is 7.92. The molecule has 1 amide bonds. The fourth-order valence-corrected chi connectivity index (χ4v) is 4.43. The Morgan fingerprint density at radius 2 is 1.68 bits per heavy atom. The summed E-state index contributed by atoms with van der Waals surface area (Å²) in [7, 11) is -4.26. The zero-order valence-electron chi connectivity index (χ0n) is 17.3. The average molecular weight is 519 g/mol. The summed E-state index contributed by atoms with van der Waals surface area (Å²) in [6, 6.07) is 8.96. The first-order valence-corrected chi connectivity index (χ1v) is 11.4. The molecule has 3 rings (SSSR count). The standard InChI is InChI=1S/C21H16ClF5N4O2S/c1-12-9-17(18(32)29-11-20(23,24)13-5-7-15(22)8-6-13)19(31-30-12)34(28,33)16-4-2-3-14(10-16)21(25,26)27/h2-10,28H,11H2,1H3,(H,29,32). The second-order valence-corrected chi connectivity index (χ2v) is 9.59. The number of aryl methyl sites for hydroxylation is 1. The molecular weight excluding hydrogens is 503 g/mol. The summed E-state index contributed by atoms with van der Waals surface area (Å²) in [6.07, 6.45) is -4.77. The molecule has 1 atom stereocenters. The summed E-state index contributed by atoms with van der Waals surface area (Å²) in [4.78, 5) is 12.2. The molecule has 6 nitrogen and oxygen atoms in total. The Morgan fingerprint density at radius 3 is 2.29 bits per heavy atom. The van der Waals surface area contributed by atoms with Crippen LogP contribution in [-0.4, -0.2) is 26.9 Å². The van der Waals surface area contributed by atoms with Gasteiger partial charge in [0, 0.05) is 10.6 Å². The molecule has 0 aliphatic rings. The van der Waals surface area contributed by atoms with E-state index in [0.717, 1.165) is 36.4 Å². The molecule has 1 unspecified atom stereocenters. The van der Waals surface area contributed by atoms with Gasteiger partial charge in [0.25, 0.3) is 11.8 Å². The van der Waals surface area contributed by atoms with Crippen LogP contribution in [-0.2, 0) is 21.8 Å². The lowest BCUT2D eigenvalue weighted by Crippen LogP contribution is -2.35. The van der Waals surface area contributed by atoms with Crippen LogP contribution in [0.1, 0.15) is 27.2 Å². The second-order valence-electron chi connectivity index (χ2n) is 7.18. The number of amides is 1. The number of alkyl halides is 5. The van der Waals surface area contributed by atoms with Crippen LogP contribution >= 0.6 is 11.6 Å². The van der Waals surface area contributed by atoms with Crippen LogP contribution < -0.4 is 5.32 Å². The minimum Gasteiger partial charge on any atom is -0.346 e. The Hall–Kier alpha value is -3.12. The number of nitrogens with one attached hydrogen (secondary N) is 2. The van der Waals surface area contributed by atoms with Gasteiger partial charge in [0.2, 0.25) is 0 Å². The number of benzene rings is 2. The number of rotatable bonds is 6. The van der Waals surface area contributed by atoms with Gasteiger partial charge in [-0.15, -0.1) is 5.10 Å². The second kappa shape index (κ2) is 9.26. The van der Waals surface area contributed by atoms with E-state index in [9.17, 15) is 31.0 Å². The molecule has 2 aromatic carbocycles. The van der Waals surface area contributed by atoms with Gasteiger partial charge >= 0.3 is 6.18 Å². The first-order chi connectivity index (χ1) is 15.7. The third-order valence-corrected chi connectivity index (χ3v) is 6.65. The van der Waals surface area contributed by atoms with Crippen molar-refractivity contribution in [3.05, 3.63) is 82.0 Å². The molecule has 180 valence electrons. The maximum absolute atomic E-state index is 14.5. The third kappa shape index (κ3) is 5.50. The molecule has 0 saturated carbocycles. The smallest absolute Gasteiger partial charge is 0.346 e. The van der Waals surface area contributed by atoms with Gasteiger partial charge in [0.05, 0.1) is 28.3 Å². The number of hydrogen-bond donors (Lipinski definition) is 2. The Bertz CT molecular complexity index is 1330. The van der Waals surface area contributed by atoms with Crippen molar-refractivity contribution in [2.45, 2.75) is 28.9 Å². The molecule has 0 fully saturated rings. The lowest BCUT2D eigenvalue weighted by Gasteiger charge is -2.18. The van der Waals surface area contributed by atoms with Gasteiger partial charge in [0.1, 0.15) is 9.73 Å². The van der Waals surface area contributed by atoms with Gasteiger partial charge in [-0.2, -0.15) is 27.1 Å². The lowest BCUT2D eigenvalue weighted by atomic mass is 10.1. The molecule has 2 N–H and O–H groups in total. The minimum absolute atomic E-state index is 0.137. The van der Waals surface area contributed by atoms with Crippen LogP contribution in [0.2, 0.25) is 5.02 Å². The fraction of sp³-hybridized carbons (Fsp3) is 0.190. The Kier molecular flexibility index (Phi) is 6.94. The Labute approximate surface area is 196 Å². The molecule has 0 radical (unpaired) electrons. The summed E-state index contributed by atoms with van der Waals surface area (Å²) in [5, 5.41) is 8.73. The van der Waals surface area contributed by atoms with Crippen molar-refractivity contribution in [2.24, 2.45) is 0 Å². The van der Waals surface area contributed by atoms with E-state index in [4.69, 9.17) is 16.4 Å². The van der Waals surface area contributed by atoms with E-state index in [1.807, 2.05) is 5.32 Å². The zero-order chi connectivity index (χ0) is 25.3. The molecular formula is C21H16ClF5N4O2S. The average Bonchev–Trinajstić information content (AvgIpc) is 2.77. The summed E-state index contributed by atoms with van der Waals surface area (Å²) >= 11 is 5.69. The van der Waals surface area contributed by atoms with Crippen LogP contribution in [0.5, 0.6) is 0 Å². The van der Waals surface area contributed by atoms with Crippen LogP contribution in [0.4, 0.5) is 22.0 Å². The predicted molar refractivity (Wildman–Crippen MR) is 113 cm³/mol. The van der Waals surface area contributed by atoms with Crippen molar-refractivity contribution in [2.75, 3.05) is 6.54 Å². The zero-order valence-corrected chi connectivity index (χ0v) is 18.9. The van der Waals surface area contributed by atoms with Crippen LogP contribution in [0, 0.1) is 11.7 Å². The number of hydrogen-bond acceptors (Lipinski definition) is 5.